The van der Waals surface area contributed by atoms with Gasteiger partial charge in [-0.05, 0) is 54.0 Å². The maximum Gasteiger partial charge on any atom is 0.573 e. The summed E-state index contributed by atoms with van der Waals surface area (Å²) in [6, 6.07) is 7.67. The normalized spacial score (nSPS) is 13.1. The number of hydrogen-bond acceptors (Lipinski definition) is 1. The third-order valence-electron chi connectivity index (χ3n) is 4.52. The summed E-state index contributed by atoms with van der Waals surface area (Å²) < 4.78 is 68.8. The molecule has 1 unspecified atom stereocenters. The minimum Gasteiger partial charge on any atom is -0.403 e. The van der Waals surface area contributed by atoms with E-state index in [-0.39, 0.29) is 17.0 Å². The Balaban J connectivity index is 2.26. The lowest BCUT2D eigenvalue weighted by molar-refractivity contribution is -0.275. The molecule has 0 heterocycles. The van der Waals surface area contributed by atoms with Gasteiger partial charge in [0.25, 0.3) is 0 Å². The van der Waals surface area contributed by atoms with E-state index in [1.807, 2.05) is 6.92 Å². The number of benzene rings is 2. The van der Waals surface area contributed by atoms with Crippen LogP contribution in [-0.2, 0) is 0 Å². The molecule has 0 N–H and O–H groups in total. The van der Waals surface area contributed by atoms with Crippen LogP contribution in [0.3, 0.4) is 0 Å². The van der Waals surface area contributed by atoms with Crippen molar-refractivity contribution in [3.63, 3.8) is 0 Å². The predicted octanol–water partition coefficient (Wildman–Crippen LogP) is 7.46. The van der Waals surface area contributed by atoms with Crippen LogP contribution in [0.5, 0.6) is 5.75 Å². The van der Waals surface area contributed by atoms with Crippen molar-refractivity contribution in [2.24, 2.45) is 5.92 Å². The second kappa shape index (κ2) is 8.72. The summed E-state index contributed by atoms with van der Waals surface area (Å²) in [5, 5.41) is 0. The van der Waals surface area contributed by atoms with Gasteiger partial charge in [0, 0.05) is 5.56 Å². The second-order valence-electron chi connectivity index (χ2n) is 7.01. The number of rotatable bonds is 7. The minimum absolute atomic E-state index is 0.134. The number of hydrogen-bond donors (Lipinski definition) is 0. The summed E-state index contributed by atoms with van der Waals surface area (Å²) in [4.78, 5) is 0. The maximum absolute atomic E-state index is 14.6. The van der Waals surface area contributed by atoms with Crippen molar-refractivity contribution in [1.29, 1.82) is 0 Å². The average Bonchev–Trinajstić information content (AvgIpc) is 2.56. The van der Waals surface area contributed by atoms with Crippen LogP contribution in [0.25, 0.3) is 11.1 Å². The predicted molar refractivity (Wildman–Crippen MR) is 95.6 cm³/mol. The molecule has 2 rings (SSSR count). The lowest BCUT2D eigenvalue weighted by atomic mass is 9.88. The first kappa shape index (κ1) is 21.2. The highest BCUT2D eigenvalue weighted by Gasteiger charge is 2.32. The number of ether oxygens (including phenoxy) is 1. The molecule has 0 aliphatic rings. The lowest BCUT2D eigenvalue weighted by Gasteiger charge is -2.18. The summed E-state index contributed by atoms with van der Waals surface area (Å²) in [6.45, 7) is 6.32. The van der Waals surface area contributed by atoms with Gasteiger partial charge < -0.3 is 4.74 Å². The fourth-order valence-corrected chi connectivity index (χ4v) is 3.04. The smallest absolute Gasteiger partial charge is 0.403 e. The van der Waals surface area contributed by atoms with Gasteiger partial charge in [-0.1, -0.05) is 45.4 Å². The van der Waals surface area contributed by atoms with Gasteiger partial charge in [0.2, 0.25) is 0 Å². The Hall–Kier alpha value is -2.11. The van der Waals surface area contributed by atoms with E-state index in [4.69, 9.17) is 0 Å². The molecule has 2 aromatic rings. The van der Waals surface area contributed by atoms with Gasteiger partial charge in [-0.15, -0.1) is 13.2 Å². The quantitative estimate of drug-likeness (QED) is 0.449. The molecule has 0 saturated carbocycles. The van der Waals surface area contributed by atoms with E-state index >= 15 is 0 Å². The standard InChI is InChI=1S/C21H23F5O/c1-4-14(6-5-13(2)3)15-7-9-17(18(22)11-15)16-8-10-20(19(23)12-16)27-21(24,25)26/h7-14H,4-6H2,1-3H3. The van der Waals surface area contributed by atoms with Gasteiger partial charge in [-0.2, -0.15) is 0 Å². The molecule has 0 aliphatic carbocycles. The first-order chi connectivity index (χ1) is 12.6. The van der Waals surface area contributed by atoms with Crippen LogP contribution in [0.15, 0.2) is 36.4 Å². The van der Waals surface area contributed by atoms with Crippen LogP contribution >= 0.6 is 0 Å². The second-order valence-corrected chi connectivity index (χ2v) is 7.01. The summed E-state index contributed by atoms with van der Waals surface area (Å²) in [7, 11) is 0. The molecule has 2 aromatic carbocycles. The first-order valence-electron chi connectivity index (χ1n) is 8.95. The molecular weight excluding hydrogens is 363 g/mol. The lowest BCUT2D eigenvalue weighted by Crippen LogP contribution is -2.17. The Labute approximate surface area is 156 Å². The molecule has 0 aliphatic heterocycles. The SMILES string of the molecule is CCC(CCC(C)C)c1ccc(-c2ccc(OC(F)(F)F)c(F)c2)c(F)c1. The highest BCUT2D eigenvalue weighted by molar-refractivity contribution is 5.65. The monoisotopic (exact) mass is 386 g/mol. The van der Waals surface area contributed by atoms with Gasteiger partial charge >= 0.3 is 6.36 Å². The Bertz CT molecular complexity index is 768. The van der Waals surface area contributed by atoms with Crippen molar-refractivity contribution < 1.29 is 26.7 Å². The van der Waals surface area contributed by atoms with Crippen LogP contribution in [0.2, 0.25) is 0 Å². The van der Waals surface area contributed by atoms with E-state index in [1.54, 1.807) is 12.1 Å². The molecule has 0 fully saturated rings. The van der Waals surface area contributed by atoms with Crippen molar-refractivity contribution in [3.8, 4) is 16.9 Å². The molecule has 0 saturated heterocycles. The highest BCUT2D eigenvalue weighted by Crippen LogP contribution is 2.33. The molecule has 27 heavy (non-hydrogen) atoms. The Kier molecular flexibility index (Phi) is 6.84. The first-order valence-corrected chi connectivity index (χ1v) is 8.95. The summed E-state index contributed by atoms with van der Waals surface area (Å²) in [6.07, 6.45) is -2.12. The van der Waals surface area contributed by atoms with Crippen molar-refractivity contribution >= 4 is 0 Å². The molecule has 0 bridgehead atoms. The zero-order valence-electron chi connectivity index (χ0n) is 15.5. The molecule has 0 amide bonds. The van der Waals surface area contributed by atoms with Crippen LogP contribution in [0, 0.1) is 17.6 Å². The third kappa shape index (κ3) is 5.94. The summed E-state index contributed by atoms with van der Waals surface area (Å²) >= 11 is 0. The molecular formula is C21H23F5O. The van der Waals surface area contributed by atoms with Gasteiger partial charge in [-0.25, -0.2) is 8.78 Å². The van der Waals surface area contributed by atoms with E-state index in [1.165, 1.54) is 12.1 Å². The van der Waals surface area contributed by atoms with E-state index in [0.29, 0.717) is 5.92 Å². The fourth-order valence-electron chi connectivity index (χ4n) is 3.04. The van der Waals surface area contributed by atoms with Gasteiger partial charge in [0.05, 0.1) is 0 Å². The Morgan fingerprint density at radius 2 is 1.63 bits per heavy atom. The Morgan fingerprint density at radius 1 is 0.926 bits per heavy atom. The van der Waals surface area contributed by atoms with Gasteiger partial charge in [-0.3, -0.25) is 0 Å². The number of halogens is 5. The van der Waals surface area contributed by atoms with Crippen molar-refractivity contribution in [3.05, 3.63) is 53.6 Å². The fraction of sp³-hybridized carbons (Fsp3) is 0.429. The molecule has 0 spiro atoms. The molecule has 0 radical (unpaired) electrons. The zero-order valence-corrected chi connectivity index (χ0v) is 15.5. The maximum atomic E-state index is 14.6. The average molecular weight is 386 g/mol. The topological polar surface area (TPSA) is 9.23 Å². The van der Waals surface area contributed by atoms with Crippen LogP contribution in [0.4, 0.5) is 22.0 Å². The molecule has 6 heteroatoms. The molecule has 1 atom stereocenters. The van der Waals surface area contributed by atoms with Gasteiger partial charge in [0.1, 0.15) is 5.82 Å². The molecule has 148 valence electrons. The van der Waals surface area contributed by atoms with E-state index in [9.17, 15) is 22.0 Å². The zero-order chi connectivity index (χ0) is 20.2. The third-order valence-corrected chi connectivity index (χ3v) is 4.52. The van der Waals surface area contributed by atoms with Crippen molar-refractivity contribution in [2.45, 2.75) is 52.3 Å². The van der Waals surface area contributed by atoms with Gasteiger partial charge in [0.15, 0.2) is 11.6 Å². The van der Waals surface area contributed by atoms with Crippen molar-refractivity contribution in [2.75, 3.05) is 0 Å². The Morgan fingerprint density at radius 3 is 2.15 bits per heavy atom. The highest BCUT2D eigenvalue weighted by atomic mass is 19.4. The van der Waals surface area contributed by atoms with E-state index < -0.39 is 23.7 Å². The van der Waals surface area contributed by atoms with E-state index in [2.05, 4.69) is 18.6 Å². The summed E-state index contributed by atoms with van der Waals surface area (Å²) in [5.41, 5.74) is 1.16. The van der Waals surface area contributed by atoms with E-state index in [0.717, 1.165) is 37.0 Å². The minimum atomic E-state index is -4.99. The number of alkyl halides is 3. The largest absolute Gasteiger partial charge is 0.573 e. The molecule has 1 nitrogen and oxygen atoms in total. The van der Waals surface area contributed by atoms with Crippen LogP contribution in [0.1, 0.15) is 51.5 Å². The van der Waals surface area contributed by atoms with Crippen LogP contribution < -0.4 is 4.74 Å². The summed E-state index contributed by atoms with van der Waals surface area (Å²) in [5.74, 6) is -1.88. The van der Waals surface area contributed by atoms with Crippen LogP contribution in [-0.4, -0.2) is 6.36 Å². The van der Waals surface area contributed by atoms with Crippen molar-refractivity contribution in [1.82, 2.24) is 0 Å². The molecule has 0 aromatic heterocycles.